The lowest BCUT2D eigenvalue weighted by atomic mass is 10.3. The zero-order valence-electron chi connectivity index (χ0n) is 9.61. The van der Waals surface area contributed by atoms with Gasteiger partial charge in [-0.05, 0) is 34.5 Å². The fourth-order valence-electron chi connectivity index (χ4n) is 1.52. The molecular formula is C12H14BrN3S. The highest BCUT2D eigenvalue weighted by Gasteiger charge is 1.98. The molecule has 0 fully saturated rings. The summed E-state index contributed by atoms with van der Waals surface area (Å²) < 4.78 is 1.02. The van der Waals surface area contributed by atoms with Gasteiger partial charge in [-0.1, -0.05) is 0 Å². The third-order valence-electron chi connectivity index (χ3n) is 2.32. The van der Waals surface area contributed by atoms with E-state index in [1.807, 2.05) is 13.1 Å². The lowest BCUT2D eigenvalue weighted by Crippen LogP contribution is -2.16. The minimum atomic E-state index is 0.843. The molecule has 5 heteroatoms. The van der Waals surface area contributed by atoms with Gasteiger partial charge < -0.3 is 5.32 Å². The first-order valence-corrected chi connectivity index (χ1v) is 7.12. The number of halogens is 1. The topological polar surface area (TPSA) is 37.8 Å². The second-order valence-electron chi connectivity index (χ2n) is 3.80. The van der Waals surface area contributed by atoms with Crippen molar-refractivity contribution in [1.82, 2.24) is 15.3 Å². The summed E-state index contributed by atoms with van der Waals surface area (Å²) in [5.74, 6) is 0. The van der Waals surface area contributed by atoms with E-state index in [0.29, 0.717) is 0 Å². The summed E-state index contributed by atoms with van der Waals surface area (Å²) in [5, 5.41) is 6.65. The Morgan fingerprint density at radius 2 is 2.29 bits per heavy atom. The highest BCUT2D eigenvalue weighted by Crippen LogP contribution is 2.10. The maximum atomic E-state index is 4.43. The van der Waals surface area contributed by atoms with Crippen LogP contribution in [0.3, 0.4) is 0 Å². The predicted molar refractivity (Wildman–Crippen MR) is 74.2 cm³/mol. The van der Waals surface area contributed by atoms with Gasteiger partial charge in [0.2, 0.25) is 0 Å². The number of thiazole rings is 1. The number of rotatable bonds is 5. The van der Waals surface area contributed by atoms with Crippen LogP contribution < -0.4 is 5.32 Å². The summed E-state index contributed by atoms with van der Waals surface area (Å²) >= 11 is 5.12. The van der Waals surface area contributed by atoms with Crippen LogP contribution in [0.15, 0.2) is 28.3 Å². The summed E-state index contributed by atoms with van der Waals surface area (Å²) in [4.78, 5) is 8.55. The van der Waals surface area contributed by atoms with E-state index in [4.69, 9.17) is 0 Å². The van der Waals surface area contributed by atoms with Crippen molar-refractivity contribution in [1.29, 1.82) is 0 Å². The summed E-state index contributed by atoms with van der Waals surface area (Å²) in [6, 6.07) is 2.08. The normalized spacial score (nSPS) is 10.7. The second-order valence-corrected chi connectivity index (χ2v) is 5.77. The molecule has 3 nitrogen and oxygen atoms in total. The number of aromatic nitrogens is 2. The van der Waals surface area contributed by atoms with E-state index in [2.05, 4.69) is 42.7 Å². The maximum absolute atomic E-state index is 4.43. The van der Waals surface area contributed by atoms with Gasteiger partial charge in [0, 0.05) is 41.8 Å². The molecule has 0 spiro atoms. The highest BCUT2D eigenvalue weighted by molar-refractivity contribution is 9.10. The number of hydrogen-bond acceptors (Lipinski definition) is 4. The molecule has 0 saturated carbocycles. The second kappa shape index (κ2) is 6.23. The molecule has 90 valence electrons. The van der Waals surface area contributed by atoms with Crippen molar-refractivity contribution in [2.45, 2.75) is 19.9 Å². The third-order valence-corrected chi connectivity index (χ3v) is 3.57. The van der Waals surface area contributed by atoms with Crippen molar-refractivity contribution in [2.24, 2.45) is 0 Å². The van der Waals surface area contributed by atoms with Crippen LogP contribution in [0.25, 0.3) is 0 Å². The van der Waals surface area contributed by atoms with Crippen LogP contribution in [0.1, 0.15) is 16.3 Å². The Kier molecular flexibility index (Phi) is 4.65. The standard InChI is InChI=1S/C12H14BrN3S/c1-9-16-12(8-17-9)2-3-14-5-10-4-11(13)7-15-6-10/h4,6-8,14H,2-3,5H2,1H3. The van der Waals surface area contributed by atoms with Crippen molar-refractivity contribution in [3.8, 4) is 0 Å². The molecule has 2 aromatic rings. The van der Waals surface area contributed by atoms with Gasteiger partial charge in [-0.3, -0.25) is 4.98 Å². The Balaban J connectivity index is 1.73. The summed E-state index contributed by atoms with van der Waals surface area (Å²) in [6.45, 7) is 3.82. The number of nitrogens with zero attached hydrogens (tertiary/aromatic N) is 2. The van der Waals surface area contributed by atoms with Crippen LogP contribution in [-0.4, -0.2) is 16.5 Å². The molecule has 0 bridgehead atoms. The van der Waals surface area contributed by atoms with Crippen molar-refractivity contribution < 1.29 is 0 Å². The molecule has 0 atom stereocenters. The molecule has 0 aromatic carbocycles. The molecule has 0 unspecified atom stereocenters. The van der Waals surface area contributed by atoms with Gasteiger partial charge in [-0.15, -0.1) is 11.3 Å². The van der Waals surface area contributed by atoms with Crippen molar-refractivity contribution in [3.05, 3.63) is 44.6 Å². The van der Waals surface area contributed by atoms with Gasteiger partial charge in [-0.2, -0.15) is 0 Å². The molecule has 2 heterocycles. The Labute approximate surface area is 113 Å². The molecular weight excluding hydrogens is 298 g/mol. The number of pyridine rings is 1. The molecule has 2 aromatic heterocycles. The van der Waals surface area contributed by atoms with E-state index in [1.54, 1.807) is 17.5 Å². The van der Waals surface area contributed by atoms with Crippen LogP contribution in [0.2, 0.25) is 0 Å². The maximum Gasteiger partial charge on any atom is 0.0897 e. The average Bonchev–Trinajstić information content (AvgIpc) is 2.71. The van der Waals surface area contributed by atoms with E-state index >= 15 is 0 Å². The van der Waals surface area contributed by atoms with Crippen molar-refractivity contribution in [3.63, 3.8) is 0 Å². The third kappa shape index (κ3) is 4.18. The van der Waals surface area contributed by atoms with E-state index in [1.165, 1.54) is 11.3 Å². The number of nitrogens with one attached hydrogen (secondary N) is 1. The van der Waals surface area contributed by atoms with E-state index in [-0.39, 0.29) is 0 Å². The van der Waals surface area contributed by atoms with Gasteiger partial charge in [0.15, 0.2) is 0 Å². The number of aryl methyl sites for hydroxylation is 1. The predicted octanol–water partition coefficient (Wildman–Crippen LogP) is 2.94. The fourth-order valence-corrected chi connectivity index (χ4v) is 2.58. The van der Waals surface area contributed by atoms with Gasteiger partial charge in [0.1, 0.15) is 0 Å². The lowest BCUT2D eigenvalue weighted by molar-refractivity contribution is 0.679. The van der Waals surface area contributed by atoms with Crippen LogP contribution in [-0.2, 0) is 13.0 Å². The SMILES string of the molecule is Cc1nc(CCNCc2cncc(Br)c2)cs1. The zero-order chi connectivity index (χ0) is 12.1. The van der Waals surface area contributed by atoms with Crippen molar-refractivity contribution in [2.75, 3.05) is 6.54 Å². The molecule has 0 aliphatic rings. The molecule has 0 aliphatic carbocycles. The van der Waals surface area contributed by atoms with Crippen LogP contribution in [0.4, 0.5) is 0 Å². The van der Waals surface area contributed by atoms with Crippen molar-refractivity contribution >= 4 is 27.3 Å². The summed E-state index contributed by atoms with van der Waals surface area (Å²) in [5.41, 5.74) is 2.36. The molecule has 2 rings (SSSR count). The number of hydrogen-bond donors (Lipinski definition) is 1. The van der Waals surface area contributed by atoms with Gasteiger partial charge in [0.05, 0.1) is 10.7 Å². The highest BCUT2D eigenvalue weighted by atomic mass is 79.9. The largest absolute Gasteiger partial charge is 0.312 e. The zero-order valence-corrected chi connectivity index (χ0v) is 12.0. The Morgan fingerprint density at radius 3 is 3.00 bits per heavy atom. The van der Waals surface area contributed by atoms with Gasteiger partial charge in [0.25, 0.3) is 0 Å². The smallest absolute Gasteiger partial charge is 0.0897 e. The summed E-state index contributed by atoms with van der Waals surface area (Å²) in [7, 11) is 0. The van der Waals surface area contributed by atoms with Crippen LogP contribution >= 0.6 is 27.3 Å². The van der Waals surface area contributed by atoms with E-state index < -0.39 is 0 Å². The Morgan fingerprint density at radius 1 is 1.41 bits per heavy atom. The van der Waals surface area contributed by atoms with Gasteiger partial charge in [-0.25, -0.2) is 4.98 Å². The fraction of sp³-hybridized carbons (Fsp3) is 0.333. The Hall–Kier alpha value is -0.780. The van der Waals surface area contributed by atoms with Crippen LogP contribution in [0.5, 0.6) is 0 Å². The first-order valence-electron chi connectivity index (χ1n) is 5.45. The first-order chi connectivity index (χ1) is 8.24. The summed E-state index contributed by atoms with van der Waals surface area (Å²) in [6.07, 6.45) is 4.65. The molecule has 0 saturated heterocycles. The Bertz CT molecular complexity index is 484. The minimum Gasteiger partial charge on any atom is -0.312 e. The monoisotopic (exact) mass is 311 g/mol. The van der Waals surface area contributed by atoms with Crippen LogP contribution in [0, 0.1) is 6.92 Å². The average molecular weight is 312 g/mol. The lowest BCUT2D eigenvalue weighted by Gasteiger charge is -2.03. The van der Waals surface area contributed by atoms with E-state index in [9.17, 15) is 0 Å². The molecule has 17 heavy (non-hydrogen) atoms. The quantitative estimate of drug-likeness (QED) is 0.863. The van der Waals surface area contributed by atoms with E-state index in [0.717, 1.165) is 29.0 Å². The molecule has 0 aliphatic heterocycles. The molecule has 1 N–H and O–H groups in total. The first kappa shape index (κ1) is 12.7. The molecule has 0 radical (unpaired) electrons. The minimum absolute atomic E-state index is 0.843. The molecule has 0 amide bonds. The van der Waals surface area contributed by atoms with Gasteiger partial charge >= 0.3 is 0 Å².